The molecule has 7 heteroatoms. The van der Waals surface area contributed by atoms with Gasteiger partial charge in [0, 0.05) is 19.3 Å². The Morgan fingerprint density at radius 3 is 2.58 bits per heavy atom. The van der Waals surface area contributed by atoms with Crippen LogP contribution in [0.25, 0.3) is 27.9 Å². The first kappa shape index (κ1) is 20.6. The van der Waals surface area contributed by atoms with Crippen molar-refractivity contribution in [3.63, 3.8) is 0 Å². The van der Waals surface area contributed by atoms with Gasteiger partial charge in [-0.3, -0.25) is 10.7 Å². The van der Waals surface area contributed by atoms with Crippen molar-refractivity contribution < 1.29 is 14.3 Å². The number of methoxy groups -OCH3 is 1. The van der Waals surface area contributed by atoms with Gasteiger partial charge < -0.3 is 14.6 Å². The van der Waals surface area contributed by atoms with Gasteiger partial charge in [0.2, 0.25) is 5.95 Å². The first-order chi connectivity index (χ1) is 15.1. The topological polar surface area (TPSA) is 71.3 Å². The normalized spacial score (nSPS) is 10.9. The van der Waals surface area contributed by atoms with Crippen LogP contribution < -0.4 is 10.8 Å². The van der Waals surface area contributed by atoms with Crippen LogP contribution in [0.15, 0.2) is 73.3 Å². The van der Waals surface area contributed by atoms with E-state index in [1.165, 1.54) is 12.1 Å². The smallest absolute Gasteiger partial charge is 0.208 e. The Labute approximate surface area is 179 Å². The molecule has 3 N–H and O–H groups in total. The highest BCUT2D eigenvalue weighted by molar-refractivity contribution is 5.85. The Morgan fingerprint density at radius 1 is 1.10 bits per heavy atom. The van der Waals surface area contributed by atoms with Crippen molar-refractivity contribution in [1.29, 1.82) is 0 Å². The number of hydrogen-bond acceptors (Lipinski definition) is 5. The SMILES string of the molecule is C=C(NO)c1ccc(Nc2nc3cc(-c4cccc(F)c4)ccc3n2CCOC)cc1. The molecule has 0 amide bonds. The van der Waals surface area contributed by atoms with Crippen molar-refractivity contribution in [2.24, 2.45) is 0 Å². The van der Waals surface area contributed by atoms with E-state index in [1.807, 2.05) is 48.5 Å². The van der Waals surface area contributed by atoms with Gasteiger partial charge in [0.05, 0.1) is 23.3 Å². The molecule has 1 aromatic heterocycles. The maximum Gasteiger partial charge on any atom is 0.208 e. The molecule has 158 valence electrons. The van der Waals surface area contributed by atoms with Crippen molar-refractivity contribution >= 4 is 28.4 Å². The summed E-state index contributed by atoms with van der Waals surface area (Å²) < 4.78 is 21.0. The number of hydroxylamine groups is 1. The fourth-order valence-electron chi connectivity index (χ4n) is 3.43. The molecule has 0 spiro atoms. The summed E-state index contributed by atoms with van der Waals surface area (Å²) in [6.45, 7) is 4.89. The molecule has 3 aromatic carbocycles. The minimum Gasteiger partial charge on any atom is -0.383 e. The van der Waals surface area contributed by atoms with Crippen LogP contribution >= 0.6 is 0 Å². The van der Waals surface area contributed by atoms with Crippen LogP contribution in [-0.4, -0.2) is 28.5 Å². The highest BCUT2D eigenvalue weighted by Crippen LogP contribution is 2.28. The minimum absolute atomic E-state index is 0.270. The first-order valence-electron chi connectivity index (χ1n) is 9.80. The standard InChI is InChI=1S/C24H23FN4O2/c1-16(28-30)17-6-9-21(10-7-17)26-24-27-22-15-19(18-4-3-5-20(25)14-18)8-11-23(22)29(24)12-13-31-2/h3-11,14-15,28,30H,1,12-13H2,2H3,(H,26,27). The van der Waals surface area contributed by atoms with Crippen LogP contribution in [0.1, 0.15) is 5.56 Å². The van der Waals surface area contributed by atoms with E-state index in [0.29, 0.717) is 24.8 Å². The predicted molar refractivity (Wildman–Crippen MR) is 121 cm³/mol. The lowest BCUT2D eigenvalue weighted by Crippen LogP contribution is -2.08. The van der Waals surface area contributed by atoms with E-state index in [0.717, 1.165) is 33.4 Å². The van der Waals surface area contributed by atoms with Crippen molar-refractivity contribution in [1.82, 2.24) is 15.0 Å². The molecule has 0 bridgehead atoms. The molecule has 0 aliphatic heterocycles. The molecule has 0 aliphatic carbocycles. The molecule has 0 fully saturated rings. The van der Waals surface area contributed by atoms with Crippen LogP contribution in [-0.2, 0) is 11.3 Å². The number of nitrogens with one attached hydrogen (secondary N) is 2. The Morgan fingerprint density at radius 2 is 1.87 bits per heavy atom. The second kappa shape index (κ2) is 8.99. The fourth-order valence-corrected chi connectivity index (χ4v) is 3.43. The molecule has 4 aromatic rings. The maximum absolute atomic E-state index is 13.7. The minimum atomic E-state index is -0.270. The lowest BCUT2D eigenvalue weighted by atomic mass is 10.1. The average Bonchev–Trinajstić information content (AvgIpc) is 3.13. The van der Waals surface area contributed by atoms with Crippen molar-refractivity contribution in [2.75, 3.05) is 19.0 Å². The highest BCUT2D eigenvalue weighted by atomic mass is 19.1. The van der Waals surface area contributed by atoms with Crippen molar-refractivity contribution in [3.05, 3.63) is 84.7 Å². The van der Waals surface area contributed by atoms with Gasteiger partial charge in [-0.15, -0.1) is 0 Å². The molecule has 0 aliphatic rings. The highest BCUT2D eigenvalue weighted by Gasteiger charge is 2.13. The summed E-state index contributed by atoms with van der Waals surface area (Å²) in [5.41, 5.74) is 7.55. The van der Waals surface area contributed by atoms with E-state index in [1.54, 1.807) is 13.2 Å². The molecule has 0 saturated heterocycles. The zero-order chi connectivity index (χ0) is 21.8. The number of hydrogen-bond donors (Lipinski definition) is 3. The molecule has 4 rings (SSSR count). The number of anilines is 2. The zero-order valence-corrected chi connectivity index (χ0v) is 17.1. The van der Waals surface area contributed by atoms with E-state index in [9.17, 15) is 4.39 Å². The van der Waals surface area contributed by atoms with Gasteiger partial charge in [0.1, 0.15) is 5.82 Å². The lowest BCUT2D eigenvalue weighted by Gasteiger charge is -2.11. The second-order valence-corrected chi connectivity index (χ2v) is 7.09. The van der Waals surface area contributed by atoms with Gasteiger partial charge >= 0.3 is 0 Å². The molecular weight excluding hydrogens is 395 g/mol. The summed E-state index contributed by atoms with van der Waals surface area (Å²) in [5, 5.41) is 12.3. The van der Waals surface area contributed by atoms with Crippen LogP contribution in [0, 0.1) is 5.82 Å². The van der Waals surface area contributed by atoms with Crippen molar-refractivity contribution in [3.8, 4) is 11.1 Å². The van der Waals surface area contributed by atoms with Gasteiger partial charge in [-0.05, 0) is 53.1 Å². The number of benzene rings is 3. The van der Waals surface area contributed by atoms with Gasteiger partial charge in [-0.25, -0.2) is 9.37 Å². The summed E-state index contributed by atoms with van der Waals surface area (Å²) in [6.07, 6.45) is 0. The van der Waals surface area contributed by atoms with E-state index in [4.69, 9.17) is 14.9 Å². The summed E-state index contributed by atoms with van der Waals surface area (Å²) in [7, 11) is 1.66. The molecular formula is C24H23FN4O2. The molecule has 6 nitrogen and oxygen atoms in total. The number of aromatic nitrogens is 2. The number of ether oxygens (including phenoxy) is 1. The zero-order valence-electron chi connectivity index (χ0n) is 17.1. The van der Waals surface area contributed by atoms with E-state index in [2.05, 4.69) is 21.9 Å². The largest absolute Gasteiger partial charge is 0.383 e. The van der Waals surface area contributed by atoms with Gasteiger partial charge in [-0.1, -0.05) is 36.9 Å². The molecule has 1 heterocycles. The number of nitrogens with zero attached hydrogens (tertiary/aromatic N) is 2. The third kappa shape index (κ3) is 4.42. The number of fused-ring (bicyclic) bond motifs is 1. The van der Waals surface area contributed by atoms with E-state index >= 15 is 0 Å². The van der Waals surface area contributed by atoms with Crippen LogP contribution in [0.5, 0.6) is 0 Å². The third-order valence-corrected chi connectivity index (χ3v) is 5.05. The first-order valence-corrected chi connectivity index (χ1v) is 9.80. The summed E-state index contributed by atoms with van der Waals surface area (Å²) in [5.74, 6) is 0.406. The maximum atomic E-state index is 13.7. The summed E-state index contributed by atoms with van der Waals surface area (Å²) in [4.78, 5) is 4.78. The Balaban J connectivity index is 1.70. The molecule has 0 atom stereocenters. The van der Waals surface area contributed by atoms with Gasteiger partial charge in [0.25, 0.3) is 0 Å². The Kier molecular flexibility index (Phi) is 5.97. The second-order valence-electron chi connectivity index (χ2n) is 7.09. The van der Waals surface area contributed by atoms with E-state index in [-0.39, 0.29) is 5.82 Å². The Hall–Kier alpha value is -3.68. The van der Waals surface area contributed by atoms with E-state index < -0.39 is 0 Å². The monoisotopic (exact) mass is 418 g/mol. The quantitative estimate of drug-likeness (QED) is 0.344. The third-order valence-electron chi connectivity index (χ3n) is 5.05. The number of imidazole rings is 1. The van der Waals surface area contributed by atoms with Gasteiger partial charge in [-0.2, -0.15) is 0 Å². The summed E-state index contributed by atoms with van der Waals surface area (Å²) in [6, 6.07) is 19.9. The summed E-state index contributed by atoms with van der Waals surface area (Å²) >= 11 is 0. The Bertz CT molecular complexity index is 1220. The van der Waals surface area contributed by atoms with Crippen molar-refractivity contribution in [2.45, 2.75) is 6.54 Å². The van der Waals surface area contributed by atoms with Gasteiger partial charge in [0.15, 0.2) is 0 Å². The predicted octanol–water partition coefficient (Wildman–Crippen LogP) is 5.18. The average molecular weight is 418 g/mol. The molecule has 31 heavy (non-hydrogen) atoms. The number of halogens is 1. The van der Waals surface area contributed by atoms with Crippen LogP contribution in [0.2, 0.25) is 0 Å². The van der Waals surface area contributed by atoms with Crippen LogP contribution in [0.3, 0.4) is 0 Å². The molecule has 0 unspecified atom stereocenters. The molecule has 0 radical (unpaired) electrons. The van der Waals surface area contributed by atoms with Crippen LogP contribution in [0.4, 0.5) is 16.0 Å². The number of rotatable bonds is 8. The fraction of sp³-hybridized carbons (Fsp3) is 0.125. The molecule has 0 saturated carbocycles. The lowest BCUT2D eigenvalue weighted by molar-refractivity contribution is 0.189.